The molecule has 0 saturated carbocycles. The highest BCUT2D eigenvalue weighted by Gasteiger charge is 2.15. The van der Waals surface area contributed by atoms with Crippen LogP contribution in [0.4, 0.5) is 0 Å². The Morgan fingerprint density at radius 3 is 2.50 bits per heavy atom. The summed E-state index contributed by atoms with van der Waals surface area (Å²) < 4.78 is 3.85. The maximum atomic E-state index is 12.1. The first-order valence-electron chi connectivity index (χ1n) is 8.71. The summed E-state index contributed by atoms with van der Waals surface area (Å²) >= 11 is 0. The maximum Gasteiger partial charge on any atom is 0.253 e. The summed E-state index contributed by atoms with van der Waals surface area (Å²) in [5.74, 6) is 0.883. The first-order chi connectivity index (χ1) is 12.5. The van der Waals surface area contributed by atoms with Gasteiger partial charge in [0.2, 0.25) is 0 Å². The lowest BCUT2D eigenvalue weighted by Crippen LogP contribution is -2.18. The minimum atomic E-state index is 0.0234. The third-order valence-corrected chi connectivity index (χ3v) is 4.71. The van der Waals surface area contributed by atoms with Gasteiger partial charge in [0.1, 0.15) is 5.82 Å². The molecule has 0 amide bonds. The van der Waals surface area contributed by atoms with Crippen molar-refractivity contribution in [3.8, 4) is 11.4 Å². The van der Waals surface area contributed by atoms with Gasteiger partial charge in [0.25, 0.3) is 5.56 Å². The average molecular weight is 343 g/mol. The summed E-state index contributed by atoms with van der Waals surface area (Å²) in [5, 5.41) is 0. The first kappa shape index (κ1) is 16.3. The van der Waals surface area contributed by atoms with Crippen molar-refractivity contribution < 1.29 is 0 Å². The van der Waals surface area contributed by atoms with E-state index in [1.807, 2.05) is 25.3 Å². The molecule has 2 heterocycles. The number of benzene rings is 2. The largest absolute Gasteiger partial charge is 0.319 e. The number of aryl methyl sites for hydroxylation is 3. The van der Waals surface area contributed by atoms with Crippen LogP contribution in [-0.4, -0.2) is 14.1 Å². The zero-order chi connectivity index (χ0) is 18.3. The van der Waals surface area contributed by atoms with Crippen LogP contribution < -0.4 is 5.56 Å². The Morgan fingerprint density at radius 1 is 1.00 bits per heavy atom. The summed E-state index contributed by atoms with van der Waals surface area (Å²) in [7, 11) is 1.78. The smallest absolute Gasteiger partial charge is 0.253 e. The van der Waals surface area contributed by atoms with E-state index in [9.17, 15) is 4.79 Å². The van der Waals surface area contributed by atoms with Gasteiger partial charge in [-0.2, -0.15) is 0 Å². The number of aromatic nitrogens is 3. The molecular weight excluding hydrogens is 322 g/mol. The zero-order valence-electron chi connectivity index (χ0n) is 15.2. The fourth-order valence-corrected chi connectivity index (χ4v) is 3.39. The van der Waals surface area contributed by atoms with Crippen LogP contribution in [0.25, 0.3) is 22.4 Å². The molecule has 26 heavy (non-hydrogen) atoms. The quantitative estimate of drug-likeness (QED) is 0.563. The highest BCUT2D eigenvalue weighted by Crippen LogP contribution is 2.26. The maximum absolute atomic E-state index is 12.1. The van der Waals surface area contributed by atoms with Gasteiger partial charge in [0.15, 0.2) is 0 Å². The molecule has 2 aromatic heterocycles. The van der Waals surface area contributed by atoms with Gasteiger partial charge >= 0.3 is 0 Å². The highest BCUT2D eigenvalue weighted by atomic mass is 16.1. The van der Waals surface area contributed by atoms with Crippen LogP contribution in [0.15, 0.2) is 65.6 Å². The van der Waals surface area contributed by atoms with Gasteiger partial charge in [-0.05, 0) is 43.2 Å². The minimum Gasteiger partial charge on any atom is -0.319 e. The van der Waals surface area contributed by atoms with E-state index in [4.69, 9.17) is 4.98 Å². The molecule has 0 saturated heterocycles. The van der Waals surface area contributed by atoms with Gasteiger partial charge in [-0.15, -0.1) is 0 Å². The normalized spacial score (nSPS) is 11.2. The van der Waals surface area contributed by atoms with Crippen molar-refractivity contribution in [2.45, 2.75) is 20.4 Å². The van der Waals surface area contributed by atoms with Gasteiger partial charge in [-0.1, -0.05) is 36.4 Å². The molecule has 4 heteroatoms. The molecule has 0 aliphatic rings. The van der Waals surface area contributed by atoms with E-state index >= 15 is 0 Å². The summed E-state index contributed by atoms with van der Waals surface area (Å²) in [6.45, 7) is 4.66. The average Bonchev–Trinajstić information content (AvgIpc) is 2.97. The Morgan fingerprint density at radius 2 is 1.77 bits per heavy atom. The number of hydrogen-bond donors (Lipinski definition) is 0. The van der Waals surface area contributed by atoms with Crippen LogP contribution >= 0.6 is 0 Å². The van der Waals surface area contributed by atoms with Crippen LogP contribution in [0, 0.1) is 13.8 Å². The van der Waals surface area contributed by atoms with E-state index in [1.165, 1.54) is 11.1 Å². The number of fused-ring (bicyclic) bond motifs is 1. The summed E-state index contributed by atoms with van der Waals surface area (Å²) in [5.41, 5.74) is 6.17. The van der Waals surface area contributed by atoms with Crippen LogP contribution in [0.3, 0.4) is 0 Å². The standard InChI is InChI=1S/C22H21N3O/c1-15-9-10-20-19(11-15)23-21(18-12-16(2)22(26)24(3)14-18)25(20)13-17-7-5-4-6-8-17/h4-12,14H,13H2,1-3H3. The van der Waals surface area contributed by atoms with E-state index in [-0.39, 0.29) is 5.56 Å². The lowest BCUT2D eigenvalue weighted by Gasteiger charge is -2.11. The number of hydrogen-bond acceptors (Lipinski definition) is 2. The van der Waals surface area contributed by atoms with Crippen LogP contribution in [0.5, 0.6) is 0 Å². The Balaban J connectivity index is 1.96. The first-order valence-corrected chi connectivity index (χ1v) is 8.71. The molecule has 4 aromatic rings. The van der Waals surface area contributed by atoms with E-state index in [2.05, 4.69) is 54.0 Å². The molecule has 0 bridgehead atoms. The van der Waals surface area contributed by atoms with E-state index < -0.39 is 0 Å². The molecule has 4 rings (SSSR count). The van der Waals surface area contributed by atoms with Crippen molar-refractivity contribution in [1.29, 1.82) is 0 Å². The predicted molar refractivity (Wildman–Crippen MR) is 105 cm³/mol. The number of nitrogens with zero attached hydrogens (tertiary/aromatic N) is 3. The molecule has 0 unspecified atom stereocenters. The lowest BCUT2D eigenvalue weighted by atomic mass is 10.2. The van der Waals surface area contributed by atoms with Crippen molar-refractivity contribution in [3.05, 3.63) is 87.8 Å². The van der Waals surface area contributed by atoms with Crippen molar-refractivity contribution in [3.63, 3.8) is 0 Å². The van der Waals surface area contributed by atoms with Crippen LogP contribution in [0.2, 0.25) is 0 Å². The second-order valence-corrected chi connectivity index (χ2v) is 6.83. The topological polar surface area (TPSA) is 39.8 Å². The van der Waals surface area contributed by atoms with Gasteiger partial charge in [0, 0.05) is 30.9 Å². The molecule has 0 fully saturated rings. The van der Waals surface area contributed by atoms with Crippen molar-refractivity contribution in [1.82, 2.24) is 14.1 Å². The van der Waals surface area contributed by atoms with Crippen molar-refractivity contribution in [2.24, 2.45) is 7.05 Å². The molecule has 0 N–H and O–H groups in total. The molecule has 0 atom stereocenters. The molecular formula is C22H21N3O. The summed E-state index contributed by atoms with van der Waals surface area (Å²) in [4.78, 5) is 17.0. The Labute approximate surface area is 152 Å². The fourth-order valence-electron chi connectivity index (χ4n) is 3.39. The Hall–Kier alpha value is -3.14. The molecule has 4 nitrogen and oxygen atoms in total. The third kappa shape index (κ3) is 2.84. The molecule has 0 aliphatic carbocycles. The Bertz CT molecular complexity index is 1130. The van der Waals surface area contributed by atoms with Crippen LogP contribution in [-0.2, 0) is 13.6 Å². The minimum absolute atomic E-state index is 0.0234. The second-order valence-electron chi connectivity index (χ2n) is 6.83. The molecule has 0 spiro atoms. The van der Waals surface area contributed by atoms with Gasteiger partial charge in [-0.25, -0.2) is 4.98 Å². The molecule has 0 aliphatic heterocycles. The van der Waals surface area contributed by atoms with E-state index in [1.54, 1.807) is 11.6 Å². The summed E-state index contributed by atoms with van der Waals surface area (Å²) in [6.07, 6.45) is 1.87. The predicted octanol–water partition coefficient (Wildman–Crippen LogP) is 4.07. The summed E-state index contributed by atoms with van der Waals surface area (Å²) in [6, 6.07) is 18.6. The molecule has 0 radical (unpaired) electrons. The van der Waals surface area contributed by atoms with Gasteiger partial charge in [0.05, 0.1) is 11.0 Å². The monoisotopic (exact) mass is 343 g/mol. The zero-order valence-corrected chi connectivity index (χ0v) is 15.2. The molecule has 130 valence electrons. The van der Waals surface area contributed by atoms with Gasteiger partial charge < -0.3 is 9.13 Å². The Kier molecular flexibility index (Phi) is 3.96. The third-order valence-electron chi connectivity index (χ3n) is 4.71. The lowest BCUT2D eigenvalue weighted by molar-refractivity contribution is 0.819. The molecule has 2 aromatic carbocycles. The number of rotatable bonds is 3. The number of pyridine rings is 1. The highest BCUT2D eigenvalue weighted by molar-refractivity contribution is 5.81. The van der Waals surface area contributed by atoms with Gasteiger partial charge in [-0.3, -0.25) is 4.79 Å². The SMILES string of the molecule is Cc1ccc2c(c1)nc(-c1cc(C)c(=O)n(C)c1)n2Cc1ccccc1. The van der Waals surface area contributed by atoms with E-state index in [0.29, 0.717) is 0 Å². The van der Waals surface area contributed by atoms with Crippen LogP contribution in [0.1, 0.15) is 16.7 Å². The second kappa shape index (κ2) is 6.30. The number of imidazole rings is 1. The van der Waals surface area contributed by atoms with Crippen molar-refractivity contribution in [2.75, 3.05) is 0 Å². The van der Waals surface area contributed by atoms with E-state index in [0.717, 1.165) is 34.5 Å². The fraction of sp³-hybridized carbons (Fsp3) is 0.182. The van der Waals surface area contributed by atoms with Crippen molar-refractivity contribution >= 4 is 11.0 Å².